The van der Waals surface area contributed by atoms with Crippen LogP contribution in [0.3, 0.4) is 0 Å². The molecule has 2 N–H and O–H groups in total. The largest absolute Gasteiger partial charge is 0.360 e. The zero-order chi connectivity index (χ0) is 13.1. The highest BCUT2D eigenvalue weighted by Gasteiger charge is 2.24. The average molecular weight is 269 g/mol. The molecule has 0 aromatic carbocycles. The molecule has 3 atom stereocenters. The minimum Gasteiger partial charge on any atom is -0.360 e. The van der Waals surface area contributed by atoms with E-state index in [0.717, 1.165) is 23.5 Å². The van der Waals surface area contributed by atoms with Crippen molar-refractivity contribution in [1.29, 1.82) is 0 Å². The van der Waals surface area contributed by atoms with Crippen LogP contribution in [0.5, 0.6) is 0 Å². The van der Waals surface area contributed by atoms with Crippen LogP contribution in [-0.4, -0.2) is 41.7 Å². The van der Waals surface area contributed by atoms with Crippen LogP contribution in [0.15, 0.2) is 0 Å². The van der Waals surface area contributed by atoms with Crippen LogP contribution in [-0.2, 0) is 0 Å². The molecule has 0 unspecified atom stereocenters. The summed E-state index contributed by atoms with van der Waals surface area (Å²) in [7, 11) is 0. The first kappa shape index (κ1) is 14.1. The molecule has 0 aromatic heterocycles. The summed E-state index contributed by atoms with van der Waals surface area (Å²) >= 11 is 5.32. The Hall–Kier alpha value is -0.350. The Bertz CT molecular complexity index is 281. The first-order valence-corrected chi connectivity index (χ1v) is 7.73. The third kappa shape index (κ3) is 4.73. The van der Waals surface area contributed by atoms with Crippen molar-refractivity contribution in [2.75, 3.05) is 19.6 Å². The van der Waals surface area contributed by atoms with Crippen LogP contribution in [0, 0.1) is 11.8 Å². The molecule has 0 bridgehead atoms. The topological polar surface area (TPSA) is 27.3 Å². The predicted octanol–water partition coefficient (Wildman–Crippen LogP) is 1.98. The quantitative estimate of drug-likeness (QED) is 0.763. The number of rotatable bonds is 4. The van der Waals surface area contributed by atoms with Gasteiger partial charge in [-0.15, -0.1) is 0 Å². The molecule has 0 aromatic rings. The zero-order valence-electron chi connectivity index (χ0n) is 11.9. The smallest absolute Gasteiger partial charge is 0.166 e. The lowest BCUT2D eigenvalue weighted by molar-refractivity contribution is 0.133. The maximum absolute atomic E-state index is 5.32. The zero-order valence-corrected chi connectivity index (χ0v) is 12.7. The Balaban J connectivity index is 1.68. The second kappa shape index (κ2) is 6.20. The molecule has 0 radical (unpaired) electrons. The van der Waals surface area contributed by atoms with Gasteiger partial charge >= 0.3 is 0 Å². The summed E-state index contributed by atoms with van der Waals surface area (Å²) in [6, 6.07) is 1.08. The van der Waals surface area contributed by atoms with Gasteiger partial charge in [-0.05, 0) is 50.2 Å². The molecule has 2 fully saturated rings. The van der Waals surface area contributed by atoms with Crippen molar-refractivity contribution in [3.63, 3.8) is 0 Å². The van der Waals surface area contributed by atoms with Crippen LogP contribution < -0.4 is 10.6 Å². The normalized spacial score (nSPS) is 30.8. The Morgan fingerprint density at radius 1 is 1.28 bits per heavy atom. The van der Waals surface area contributed by atoms with Crippen molar-refractivity contribution in [2.45, 2.75) is 52.1 Å². The minimum absolute atomic E-state index is 0.432. The van der Waals surface area contributed by atoms with Crippen LogP contribution in [0.1, 0.15) is 40.0 Å². The van der Waals surface area contributed by atoms with Gasteiger partial charge in [0.25, 0.3) is 0 Å². The van der Waals surface area contributed by atoms with Crippen molar-refractivity contribution < 1.29 is 0 Å². The van der Waals surface area contributed by atoms with E-state index in [1.165, 1.54) is 32.4 Å². The highest BCUT2D eigenvalue weighted by Crippen LogP contribution is 2.21. The molecule has 2 aliphatic rings. The summed E-state index contributed by atoms with van der Waals surface area (Å²) in [6.07, 6.45) is 3.93. The number of hydrogen-bond acceptors (Lipinski definition) is 2. The van der Waals surface area contributed by atoms with E-state index in [2.05, 4.69) is 36.3 Å². The second-order valence-electron chi connectivity index (χ2n) is 6.46. The monoisotopic (exact) mass is 269 g/mol. The summed E-state index contributed by atoms with van der Waals surface area (Å²) in [4.78, 5) is 2.58. The summed E-state index contributed by atoms with van der Waals surface area (Å²) in [5.41, 5.74) is 0. The molecule has 1 saturated heterocycles. The van der Waals surface area contributed by atoms with Crippen molar-refractivity contribution in [3.05, 3.63) is 0 Å². The van der Waals surface area contributed by atoms with Crippen molar-refractivity contribution in [1.82, 2.24) is 15.5 Å². The molecule has 4 heteroatoms. The Kier molecular flexibility index (Phi) is 4.84. The molecular weight excluding hydrogens is 242 g/mol. The number of nitrogens with one attached hydrogen (secondary N) is 2. The standard InChI is InChI=1S/C14H27N3S/c1-10-6-11(2)8-17(7-10)9-12(3)15-14(18)16-13-4-5-13/h10-13H,4-9H2,1-3H3,(H2,15,16,18)/t10-,11+,12-/m1/s1. The number of thiocarbonyl (C=S) groups is 1. The summed E-state index contributed by atoms with van der Waals surface area (Å²) < 4.78 is 0. The molecule has 1 aliphatic carbocycles. The number of hydrogen-bond donors (Lipinski definition) is 2. The molecule has 3 nitrogen and oxygen atoms in total. The maximum atomic E-state index is 5.32. The SMILES string of the molecule is C[C@@H]1C[C@H](C)CN(C[C@@H](C)NC(=S)NC2CC2)C1. The van der Waals surface area contributed by atoms with E-state index < -0.39 is 0 Å². The first-order valence-electron chi connectivity index (χ1n) is 7.32. The fourth-order valence-electron chi connectivity index (χ4n) is 3.05. The first-order chi connectivity index (χ1) is 8.52. The van der Waals surface area contributed by atoms with E-state index in [9.17, 15) is 0 Å². The summed E-state index contributed by atoms with van der Waals surface area (Å²) in [6.45, 7) is 10.5. The minimum atomic E-state index is 0.432. The molecule has 1 heterocycles. The lowest BCUT2D eigenvalue weighted by atomic mass is 9.92. The van der Waals surface area contributed by atoms with Gasteiger partial charge < -0.3 is 15.5 Å². The van der Waals surface area contributed by atoms with Crippen molar-refractivity contribution in [3.8, 4) is 0 Å². The fraction of sp³-hybridized carbons (Fsp3) is 0.929. The third-order valence-corrected chi connectivity index (χ3v) is 4.00. The van der Waals surface area contributed by atoms with E-state index >= 15 is 0 Å². The molecule has 2 rings (SSSR count). The lowest BCUT2D eigenvalue weighted by Gasteiger charge is -2.36. The van der Waals surface area contributed by atoms with Gasteiger partial charge in [0, 0.05) is 31.7 Å². The van der Waals surface area contributed by atoms with Crippen molar-refractivity contribution >= 4 is 17.3 Å². The second-order valence-corrected chi connectivity index (χ2v) is 6.87. The highest BCUT2D eigenvalue weighted by atomic mass is 32.1. The van der Waals surface area contributed by atoms with Crippen LogP contribution in [0.2, 0.25) is 0 Å². The fourth-order valence-corrected chi connectivity index (χ4v) is 3.42. The van der Waals surface area contributed by atoms with Gasteiger partial charge in [-0.1, -0.05) is 13.8 Å². The van der Waals surface area contributed by atoms with E-state index in [1.54, 1.807) is 0 Å². The van der Waals surface area contributed by atoms with E-state index in [4.69, 9.17) is 12.2 Å². The number of nitrogens with zero attached hydrogens (tertiary/aromatic N) is 1. The molecule has 18 heavy (non-hydrogen) atoms. The van der Waals surface area contributed by atoms with E-state index in [-0.39, 0.29) is 0 Å². The van der Waals surface area contributed by atoms with E-state index in [1.807, 2.05) is 0 Å². The Morgan fingerprint density at radius 3 is 2.44 bits per heavy atom. The third-order valence-electron chi connectivity index (χ3n) is 3.77. The molecule has 0 spiro atoms. The Labute approximate surface area is 117 Å². The number of piperidine rings is 1. The predicted molar refractivity (Wildman–Crippen MR) is 80.7 cm³/mol. The molecule has 104 valence electrons. The van der Waals surface area contributed by atoms with Gasteiger partial charge in [0.2, 0.25) is 0 Å². The highest BCUT2D eigenvalue weighted by molar-refractivity contribution is 7.80. The molecule has 1 saturated carbocycles. The van der Waals surface area contributed by atoms with Gasteiger partial charge in [-0.2, -0.15) is 0 Å². The van der Waals surface area contributed by atoms with Gasteiger partial charge in [-0.25, -0.2) is 0 Å². The average Bonchev–Trinajstić information content (AvgIpc) is 2.98. The van der Waals surface area contributed by atoms with Gasteiger partial charge in [0.15, 0.2) is 5.11 Å². The van der Waals surface area contributed by atoms with Crippen LogP contribution >= 0.6 is 12.2 Å². The van der Waals surface area contributed by atoms with E-state index in [0.29, 0.717) is 12.1 Å². The summed E-state index contributed by atoms with van der Waals surface area (Å²) in [5.74, 6) is 1.66. The van der Waals surface area contributed by atoms with Gasteiger partial charge in [0.05, 0.1) is 0 Å². The van der Waals surface area contributed by atoms with Gasteiger partial charge in [-0.3, -0.25) is 0 Å². The lowest BCUT2D eigenvalue weighted by Crippen LogP contribution is -2.49. The molecule has 1 aliphatic heterocycles. The van der Waals surface area contributed by atoms with Crippen LogP contribution in [0.4, 0.5) is 0 Å². The van der Waals surface area contributed by atoms with Gasteiger partial charge in [0.1, 0.15) is 0 Å². The summed E-state index contributed by atoms with van der Waals surface area (Å²) in [5, 5.41) is 7.58. The van der Waals surface area contributed by atoms with Crippen LogP contribution in [0.25, 0.3) is 0 Å². The van der Waals surface area contributed by atoms with Crippen molar-refractivity contribution in [2.24, 2.45) is 11.8 Å². The Morgan fingerprint density at radius 2 is 1.89 bits per heavy atom. The maximum Gasteiger partial charge on any atom is 0.166 e. The number of likely N-dealkylation sites (tertiary alicyclic amines) is 1. The molecule has 0 amide bonds. The molecular formula is C14H27N3S.